The second kappa shape index (κ2) is 11.0. The van der Waals surface area contributed by atoms with E-state index < -0.39 is 17.8 Å². The predicted octanol–water partition coefficient (Wildman–Crippen LogP) is 5.42. The zero-order chi connectivity index (χ0) is 24.8. The summed E-state index contributed by atoms with van der Waals surface area (Å²) in [5.74, 6) is -0.0430. The fraction of sp³-hybridized carbons (Fsp3) is 0.292. The Hall–Kier alpha value is -3.21. The predicted molar refractivity (Wildman–Crippen MR) is 125 cm³/mol. The van der Waals surface area contributed by atoms with Gasteiger partial charge in [0, 0.05) is 36.4 Å². The molecule has 4 rings (SSSR count). The van der Waals surface area contributed by atoms with Gasteiger partial charge < -0.3 is 9.47 Å². The highest BCUT2D eigenvalue weighted by molar-refractivity contribution is 6.30. The zero-order valence-electron chi connectivity index (χ0n) is 18.5. The van der Waals surface area contributed by atoms with Gasteiger partial charge in [0.15, 0.2) is 0 Å². The molecule has 184 valence electrons. The summed E-state index contributed by atoms with van der Waals surface area (Å²) in [5, 5.41) is 0.504. The van der Waals surface area contributed by atoms with Crippen molar-refractivity contribution >= 4 is 29.3 Å². The van der Waals surface area contributed by atoms with E-state index >= 15 is 0 Å². The van der Waals surface area contributed by atoms with E-state index in [1.807, 2.05) is 0 Å². The lowest BCUT2D eigenvalue weighted by Crippen LogP contribution is -2.39. The summed E-state index contributed by atoms with van der Waals surface area (Å²) in [6.45, 7) is 3.25. The first kappa shape index (κ1) is 24.9. The van der Waals surface area contributed by atoms with Crippen molar-refractivity contribution in [1.29, 1.82) is 0 Å². The third-order valence-electron chi connectivity index (χ3n) is 5.34. The molecule has 0 bridgehead atoms. The SMILES string of the molecule is O=C(OCCN1CCOCC1)N(c1ccc(C(F)(F)F)cc1)c1nccc(-c2cccc(Cl)c2)n1. The minimum absolute atomic E-state index is 0.0430. The van der Waals surface area contributed by atoms with Crippen molar-refractivity contribution in [1.82, 2.24) is 14.9 Å². The van der Waals surface area contributed by atoms with Crippen molar-refractivity contribution in [3.8, 4) is 11.3 Å². The van der Waals surface area contributed by atoms with Crippen molar-refractivity contribution in [3.63, 3.8) is 0 Å². The quantitative estimate of drug-likeness (QED) is 0.444. The van der Waals surface area contributed by atoms with Gasteiger partial charge in [0.05, 0.1) is 30.2 Å². The normalized spacial score (nSPS) is 14.5. The molecule has 0 atom stereocenters. The molecule has 1 aliphatic rings. The monoisotopic (exact) mass is 506 g/mol. The smallest absolute Gasteiger partial charge is 0.421 e. The van der Waals surface area contributed by atoms with Crippen molar-refractivity contribution in [2.45, 2.75) is 6.18 Å². The Morgan fingerprint density at radius 2 is 1.86 bits per heavy atom. The van der Waals surface area contributed by atoms with Crippen LogP contribution in [0.3, 0.4) is 0 Å². The summed E-state index contributed by atoms with van der Waals surface area (Å²) in [4.78, 5) is 24.9. The van der Waals surface area contributed by atoms with E-state index in [1.54, 1.807) is 30.3 Å². The number of morpholine rings is 1. The number of benzene rings is 2. The number of carbonyl (C=O) groups excluding carboxylic acids is 1. The van der Waals surface area contributed by atoms with Gasteiger partial charge >= 0.3 is 12.3 Å². The number of halogens is 4. The maximum atomic E-state index is 13.1. The molecule has 11 heteroatoms. The molecular weight excluding hydrogens is 485 g/mol. The highest BCUT2D eigenvalue weighted by Gasteiger charge is 2.31. The van der Waals surface area contributed by atoms with Crippen LogP contribution < -0.4 is 4.90 Å². The molecule has 0 spiro atoms. The Bertz CT molecular complexity index is 1160. The van der Waals surface area contributed by atoms with Gasteiger partial charge in [0.2, 0.25) is 5.95 Å². The third kappa shape index (κ3) is 6.47. The number of ether oxygens (including phenoxy) is 2. The number of alkyl halides is 3. The van der Waals surface area contributed by atoms with Gasteiger partial charge in [0.1, 0.15) is 6.61 Å². The van der Waals surface area contributed by atoms with Gasteiger partial charge in [-0.25, -0.2) is 19.7 Å². The van der Waals surface area contributed by atoms with Crippen LogP contribution >= 0.6 is 11.6 Å². The topological polar surface area (TPSA) is 67.8 Å². The first-order chi connectivity index (χ1) is 16.8. The van der Waals surface area contributed by atoms with Gasteiger partial charge in [0.25, 0.3) is 0 Å². The molecule has 7 nitrogen and oxygen atoms in total. The number of amides is 1. The van der Waals surface area contributed by atoms with Gasteiger partial charge in [-0.3, -0.25) is 4.90 Å². The first-order valence-corrected chi connectivity index (χ1v) is 11.2. The van der Waals surface area contributed by atoms with Crippen LogP contribution in [-0.4, -0.2) is 60.4 Å². The molecular formula is C24H22ClF3N4O3. The molecule has 1 saturated heterocycles. The first-order valence-electron chi connectivity index (χ1n) is 10.8. The number of hydrogen-bond acceptors (Lipinski definition) is 6. The highest BCUT2D eigenvalue weighted by atomic mass is 35.5. The Morgan fingerprint density at radius 3 is 2.54 bits per heavy atom. The van der Waals surface area contributed by atoms with Crippen LogP contribution in [0.2, 0.25) is 5.02 Å². The fourth-order valence-electron chi connectivity index (χ4n) is 3.52. The van der Waals surface area contributed by atoms with Crippen molar-refractivity contribution < 1.29 is 27.4 Å². The summed E-state index contributed by atoms with van der Waals surface area (Å²) in [6, 6.07) is 12.8. The van der Waals surface area contributed by atoms with Crippen LogP contribution in [-0.2, 0) is 15.7 Å². The lowest BCUT2D eigenvalue weighted by Gasteiger charge is -2.27. The van der Waals surface area contributed by atoms with Gasteiger partial charge in [-0.05, 0) is 42.5 Å². The maximum absolute atomic E-state index is 13.1. The van der Waals surface area contributed by atoms with E-state index in [2.05, 4.69) is 14.9 Å². The molecule has 2 aromatic carbocycles. The van der Waals surface area contributed by atoms with Crippen LogP contribution in [0.1, 0.15) is 5.56 Å². The largest absolute Gasteiger partial charge is 0.447 e. The fourth-order valence-corrected chi connectivity index (χ4v) is 3.71. The zero-order valence-corrected chi connectivity index (χ0v) is 19.3. The number of carbonyl (C=O) groups is 1. The number of hydrogen-bond donors (Lipinski definition) is 0. The van der Waals surface area contributed by atoms with Crippen molar-refractivity contribution in [2.75, 3.05) is 44.4 Å². The molecule has 3 aromatic rings. The molecule has 1 aliphatic heterocycles. The van der Waals surface area contributed by atoms with E-state index in [0.29, 0.717) is 36.0 Å². The summed E-state index contributed by atoms with van der Waals surface area (Å²) < 4.78 is 50.0. The van der Waals surface area contributed by atoms with E-state index in [4.69, 9.17) is 21.1 Å². The van der Waals surface area contributed by atoms with Gasteiger partial charge in [-0.2, -0.15) is 13.2 Å². The number of rotatable bonds is 6. The van der Waals surface area contributed by atoms with Crippen LogP contribution in [0, 0.1) is 0 Å². The van der Waals surface area contributed by atoms with E-state index in [-0.39, 0.29) is 18.2 Å². The molecule has 0 aliphatic carbocycles. The average Bonchev–Trinajstić information content (AvgIpc) is 2.85. The molecule has 1 fully saturated rings. The van der Waals surface area contributed by atoms with E-state index in [9.17, 15) is 18.0 Å². The molecule has 0 unspecified atom stereocenters. The van der Waals surface area contributed by atoms with Crippen LogP contribution in [0.4, 0.5) is 29.6 Å². The second-order valence-corrected chi connectivity index (χ2v) is 8.14. The Balaban J connectivity index is 1.61. The van der Waals surface area contributed by atoms with E-state index in [1.165, 1.54) is 18.3 Å². The highest BCUT2D eigenvalue weighted by Crippen LogP contribution is 2.32. The minimum atomic E-state index is -4.51. The lowest BCUT2D eigenvalue weighted by atomic mass is 10.1. The van der Waals surface area contributed by atoms with Crippen LogP contribution in [0.25, 0.3) is 11.3 Å². The minimum Gasteiger partial charge on any atom is -0.447 e. The molecule has 0 radical (unpaired) electrons. The van der Waals surface area contributed by atoms with Crippen molar-refractivity contribution in [2.24, 2.45) is 0 Å². The third-order valence-corrected chi connectivity index (χ3v) is 5.57. The summed E-state index contributed by atoms with van der Waals surface area (Å²) in [7, 11) is 0. The number of nitrogens with zero attached hydrogens (tertiary/aromatic N) is 4. The molecule has 0 saturated carbocycles. The summed E-state index contributed by atoms with van der Waals surface area (Å²) in [6.07, 6.45) is -3.86. The molecule has 35 heavy (non-hydrogen) atoms. The van der Waals surface area contributed by atoms with E-state index in [0.717, 1.165) is 30.1 Å². The summed E-state index contributed by atoms with van der Waals surface area (Å²) in [5.41, 5.74) is 0.470. The molecule has 2 heterocycles. The second-order valence-electron chi connectivity index (χ2n) is 7.70. The molecule has 1 aromatic heterocycles. The number of aromatic nitrogens is 2. The number of anilines is 2. The Morgan fingerprint density at radius 1 is 1.11 bits per heavy atom. The average molecular weight is 507 g/mol. The van der Waals surface area contributed by atoms with Gasteiger partial charge in [-0.15, -0.1) is 0 Å². The lowest BCUT2D eigenvalue weighted by molar-refractivity contribution is -0.137. The Labute approximate surface area is 205 Å². The molecule has 0 N–H and O–H groups in total. The van der Waals surface area contributed by atoms with Crippen molar-refractivity contribution in [3.05, 3.63) is 71.4 Å². The van der Waals surface area contributed by atoms with Crippen LogP contribution in [0.5, 0.6) is 0 Å². The Kier molecular flexibility index (Phi) is 7.84. The van der Waals surface area contributed by atoms with Crippen LogP contribution in [0.15, 0.2) is 60.8 Å². The maximum Gasteiger partial charge on any atom is 0.421 e. The summed E-state index contributed by atoms with van der Waals surface area (Å²) >= 11 is 6.08. The standard InChI is InChI=1S/C24H22ClF3N4O3/c25-19-3-1-2-17(16-19)21-8-9-29-22(30-21)32(20-6-4-18(5-7-20)24(26,27)28)23(33)35-15-12-31-10-13-34-14-11-31/h1-9,16H,10-15H2. The molecule has 1 amide bonds. The van der Waals surface area contributed by atoms with Gasteiger partial charge in [-0.1, -0.05) is 23.7 Å².